The molecule has 24 heavy (non-hydrogen) atoms. The van der Waals surface area contributed by atoms with Gasteiger partial charge >= 0.3 is 5.97 Å². The van der Waals surface area contributed by atoms with Gasteiger partial charge in [0.15, 0.2) is 5.96 Å². The molecule has 2 aliphatic rings. The van der Waals surface area contributed by atoms with Gasteiger partial charge in [-0.05, 0) is 39.0 Å². The van der Waals surface area contributed by atoms with Crippen LogP contribution in [0.2, 0.25) is 0 Å². The Bertz CT molecular complexity index is 400. The molecule has 0 radical (unpaired) electrons. The van der Waals surface area contributed by atoms with Gasteiger partial charge in [-0.15, -0.1) is 0 Å². The summed E-state index contributed by atoms with van der Waals surface area (Å²) in [6.45, 7) is 6.23. The van der Waals surface area contributed by atoms with Gasteiger partial charge in [-0.25, -0.2) is 0 Å². The summed E-state index contributed by atoms with van der Waals surface area (Å²) >= 11 is 0. The quantitative estimate of drug-likeness (QED) is 0.333. The molecule has 0 bridgehead atoms. The van der Waals surface area contributed by atoms with Crippen molar-refractivity contribution in [2.24, 2.45) is 10.9 Å². The lowest BCUT2D eigenvalue weighted by molar-refractivity contribution is -0.146. The largest absolute Gasteiger partial charge is 0.469 e. The normalized spacial score (nSPS) is 20.4. The number of nitrogens with zero attached hydrogens (tertiary/aromatic N) is 2. The van der Waals surface area contributed by atoms with Gasteiger partial charge in [0.1, 0.15) is 0 Å². The van der Waals surface area contributed by atoms with E-state index in [1.165, 1.54) is 32.8 Å². The first kappa shape index (κ1) is 19.0. The van der Waals surface area contributed by atoms with Gasteiger partial charge in [-0.2, -0.15) is 0 Å². The predicted molar refractivity (Wildman–Crippen MR) is 95.1 cm³/mol. The highest BCUT2D eigenvalue weighted by atomic mass is 16.5. The summed E-state index contributed by atoms with van der Waals surface area (Å²) in [5.41, 5.74) is 0. The monoisotopic (exact) mass is 339 g/mol. The molecule has 1 heterocycles. The molecule has 2 rings (SSSR count). The summed E-state index contributed by atoms with van der Waals surface area (Å²) in [5.74, 6) is 0.913. The molecule has 0 aromatic rings. The number of carbonyl (C=O) groups is 1. The Balaban J connectivity index is 1.71. The van der Waals surface area contributed by atoms with Crippen molar-refractivity contribution >= 4 is 11.9 Å². The highest BCUT2D eigenvalue weighted by molar-refractivity contribution is 5.80. The number of nitrogens with one attached hydrogen (secondary N) is 1. The van der Waals surface area contributed by atoms with Crippen LogP contribution in [0.4, 0.5) is 0 Å². The average molecular weight is 339 g/mol. The zero-order valence-corrected chi connectivity index (χ0v) is 15.3. The Kier molecular flexibility index (Phi) is 8.36. The molecule has 0 atom stereocenters. The van der Waals surface area contributed by atoms with E-state index in [9.17, 15) is 4.79 Å². The fraction of sp³-hybridized carbons (Fsp3) is 0.889. The maximum absolute atomic E-state index is 11.6. The standard InChI is InChI=1S/C18H33N3O3/c1-3-19-18(20-11-6-14-24-16-7-4-5-8-16)21-12-9-15(10-13-21)17(22)23-2/h15-16H,3-14H2,1-2H3,(H,19,20). The topological polar surface area (TPSA) is 63.2 Å². The van der Waals surface area contributed by atoms with Gasteiger partial charge in [-0.3, -0.25) is 9.79 Å². The average Bonchev–Trinajstić information content (AvgIpc) is 3.13. The second kappa shape index (κ2) is 10.5. The van der Waals surface area contributed by atoms with E-state index < -0.39 is 0 Å². The number of ether oxygens (including phenoxy) is 2. The number of carbonyl (C=O) groups excluding carboxylic acids is 1. The molecule has 1 N–H and O–H groups in total. The zero-order valence-electron chi connectivity index (χ0n) is 15.3. The molecule has 138 valence electrons. The van der Waals surface area contributed by atoms with Crippen molar-refractivity contribution in [3.05, 3.63) is 0 Å². The van der Waals surface area contributed by atoms with Crippen LogP contribution >= 0.6 is 0 Å². The number of methoxy groups -OCH3 is 1. The fourth-order valence-corrected chi connectivity index (χ4v) is 3.47. The first-order valence-corrected chi connectivity index (χ1v) is 9.47. The maximum atomic E-state index is 11.6. The molecular weight excluding hydrogens is 306 g/mol. The van der Waals surface area contributed by atoms with Crippen LogP contribution in [0.15, 0.2) is 4.99 Å². The van der Waals surface area contributed by atoms with Gasteiger partial charge in [0.25, 0.3) is 0 Å². The Morgan fingerprint density at radius 2 is 1.92 bits per heavy atom. The molecule has 2 fully saturated rings. The zero-order chi connectivity index (χ0) is 17.2. The van der Waals surface area contributed by atoms with Crippen molar-refractivity contribution in [1.82, 2.24) is 10.2 Å². The van der Waals surface area contributed by atoms with Crippen LogP contribution in [0.5, 0.6) is 0 Å². The Morgan fingerprint density at radius 3 is 2.54 bits per heavy atom. The SMILES string of the molecule is CCNC(=NCCCOC1CCCC1)N1CCC(C(=O)OC)CC1. The summed E-state index contributed by atoms with van der Waals surface area (Å²) in [4.78, 5) is 18.6. The molecule has 0 spiro atoms. The van der Waals surface area contributed by atoms with Crippen LogP contribution < -0.4 is 5.32 Å². The molecule has 0 amide bonds. The third-order valence-electron chi connectivity index (χ3n) is 4.88. The molecule has 0 unspecified atom stereocenters. The highest BCUT2D eigenvalue weighted by Crippen LogP contribution is 2.21. The minimum atomic E-state index is -0.0827. The lowest BCUT2D eigenvalue weighted by Gasteiger charge is -2.33. The van der Waals surface area contributed by atoms with Crippen LogP contribution in [-0.2, 0) is 14.3 Å². The van der Waals surface area contributed by atoms with Crippen LogP contribution in [0, 0.1) is 5.92 Å². The second-order valence-corrected chi connectivity index (χ2v) is 6.65. The van der Waals surface area contributed by atoms with E-state index in [-0.39, 0.29) is 11.9 Å². The van der Waals surface area contributed by atoms with E-state index in [0.717, 1.165) is 58.0 Å². The van der Waals surface area contributed by atoms with Crippen LogP contribution in [0.25, 0.3) is 0 Å². The molecule has 0 aromatic heterocycles. The van der Waals surface area contributed by atoms with Crippen LogP contribution in [0.3, 0.4) is 0 Å². The minimum Gasteiger partial charge on any atom is -0.469 e. The van der Waals surface area contributed by atoms with Gasteiger partial charge in [0.2, 0.25) is 0 Å². The first-order chi connectivity index (χ1) is 11.7. The summed E-state index contributed by atoms with van der Waals surface area (Å²) in [6, 6.07) is 0. The number of hydrogen-bond acceptors (Lipinski definition) is 4. The Hall–Kier alpha value is -1.30. The van der Waals surface area contributed by atoms with E-state index >= 15 is 0 Å². The van der Waals surface area contributed by atoms with E-state index in [0.29, 0.717) is 6.10 Å². The third kappa shape index (κ3) is 5.96. The van der Waals surface area contributed by atoms with Crippen LogP contribution in [0.1, 0.15) is 51.9 Å². The van der Waals surface area contributed by atoms with Crippen molar-refractivity contribution in [1.29, 1.82) is 0 Å². The van der Waals surface area contributed by atoms with E-state index in [4.69, 9.17) is 14.5 Å². The van der Waals surface area contributed by atoms with E-state index in [1.807, 2.05) is 0 Å². The summed E-state index contributed by atoms with van der Waals surface area (Å²) in [5, 5.41) is 3.36. The Morgan fingerprint density at radius 1 is 1.21 bits per heavy atom. The number of likely N-dealkylation sites (tertiary alicyclic amines) is 1. The molecule has 6 nitrogen and oxygen atoms in total. The summed E-state index contributed by atoms with van der Waals surface area (Å²) < 4.78 is 10.7. The van der Waals surface area contributed by atoms with Gasteiger partial charge < -0.3 is 19.7 Å². The highest BCUT2D eigenvalue weighted by Gasteiger charge is 2.26. The molecule has 6 heteroatoms. The lowest BCUT2D eigenvalue weighted by atomic mass is 9.97. The number of esters is 1. The first-order valence-electron chi connectivity index (χ1n) is 9.47. The van der Waals surface area contributed by atoms with Crippen LogP contribution in [-0.4, -0.2) is 62.8 Å². The van der Waals surface area contributed by atoms with Crippen molar-refractivity contribution < 1.29 is 14.3 Å². The summed E-state index contributed by atoms with van der Waals surface area (Å²) in [7, 11) is 1.47. The predicted octanol–water partition coefficient (Wildman–Crippen LogP) is 2.19. The molecule has 1 saturated carbocycles. The Labute approximate surface area is 146 Å². The third-order valence-corrected chi connectivity index (χ3v) is 4.88. The molecule has 1 aliphatic heterocycles. The molecule has 1 saturated heterocycles. The number of guanidine groups is 1. The second-order valence-electron chi connectivity index (χ2n) is 6.65. The summed E-state index contributed by atoms with van der Waals surface area (Å²) in [6.07, 6.45) is 8.19. The molecule has 0 aromatic carbocycles. The fourth-order valence-electron chi connectivity index (χ4n) is 3.47. The van der Waals surface area contributed by atoms with E-state index in [1.54, 1.807) is 0 Å². The molecule has 1 aliphatic carbocycles. The number of hydrogen-bond donors (Lipinski definition) is 1. The van der Waals surface area contributed by atoms with Gasteiger partial charge in [0.05, 0.1) is 19.1 Å². The van der Waals surface area contributed by atoms with Crippen molar-refractivity contribution in [3.63, 3.8) is 0 Å². The number of rotatable bonds is 7. The van der Waals surface area contributed by atoms with Crippen molar-refractivity contribution in [3.8, 4) is 0 Å². The lowest BCUT2D eigenvalue weighted by Crippen LogP contribution is -2.46. The van der Waals surface area contributed by atoms with Crippen molar-refractivity contribution in [2.75, 3.05) is 39.9 Å². The smallest absolute Gasteiger partial charge is 0.308 e. The minimum absolute atomic E-state index is 0.0361. The number of piperidine rings is 1. The van der Waals surface area contributed by atoms with Gasteiger partial charge in [-0.1, -0.05) is 12.8 Å². The number of aliphatic imine (C=N–C) groups is 1. The molecular formula is C18H33N3O3. The van der Waals surface area contributed by atoms with E-state index in [2.05, 4.69) is 17.1 Å². The maximum Gasteiger partial charge on any atom is 0.308 e. The van der Waals surface area contributed by atoms with Crippen molar-refractivity contribution in [2.45, 2.75) is 58.0 Å². The van der Waals surface area contributed by atoms with Gasteiger partial charge in [0, 0.05) is 32.8 Å².